The summed E-state index contributed by atoms with van der Waals surface area (Å²) in [6, 6.07) is 9.87. The Kier molecular flexibility index (Phi) is 5.86. The Morgan fingerprint density at radius 3 is 2.23 bits per heavy atom. The summed E-state index contributed by atoms with van der Waals surface area (Å²) in [6.07, 6.45) is -1.74. The molecule has 0 aliphatic heterocycles. The van der Waals surface area contributed by atoms with Gasteiger partial charge in [-0.25, -0.2) is 5.01 Å². The zero-order valence-electron chi connectivity index (χ0n) is 16.1. The van der Waals surface area contributed by atoms with Gasteiger partial charge in [0, 0.05) is 31.9 Å². The standard InChI is InChI=1S/C20H17F3N4O3/c1-13(28)27(12-14-3-6-16(7-4-14)30-20(21,22)23)26(2)19(29)15-5-8-17-18(11-15)25-10-9-24-17/h3-11H,12H2,1-2H3. The first kappa shape index (κ1) is 21.0. The van der Waals surface area contributed by atoms with Crippen LogP contribution in [-0.4, -0.2) is 45.2 Å². The smallest absolute Gasteiger partial charge is 0.406 e. The summed E-state index contributed by atoms with van der Waals surface area (Å²) < 4.78 is 40.7. The van der Waals surface area contributed by atoms with Gasteiger partial charge in [0.2, 0.25) is 5.91 Å². The lowest BCUT2D eigenvalue weighted by atomic mass is 10.1. The Balaban J connectivity index is 1.77. The van der Waals surface area contributed by atoms with Crippen molar-refractivity contribution < 1.29 is 27.5 Å². The maximum absolute atomic E-state index is 12.9. The van der Waals surface area contributed by atoms with E-state index in [1.165, 1.54) is 37.3 Å². The summed E-state index contributed by atoms with van der Waals surface area (Å²) >= 11 is 0. The molecule has 0 fully saturated rings. The minimum Gasteiger partial charge on any atom is -0.406 e. The van der Waals surface area contributed by atoms with Gasteiger partial charge in [-0.3, -0.25) is 24.6 Å². The molecule has 0 spiro atoms. The average Bonchev–Trinajstić information content (AvgIpc) is 2.70. The van der Waals surface area contributed by atoms with E-state index in [4.69, 9.17) is 0 Å². The van der Waals surface area contributed by atoms with Crippen LogP contribution in [0.25, 0.3) is 11.0 Å². The third-order valence-corrected chi connectivity index (χ3v) is 4.23. The fourth-order valence-corrected chi connectivity index (χ4v) is 2.79. The molecule has 156 valence electrons. The quantitative estimate of drug-likeness (QED) is 0.606. The Hall–Kier alpha value is -3.69. The molecular formula is C20H17F3N4O3. The van der Waals surface area contributed by atoms with Crippen LogP contribution < -0.4 is 4.74 Å². The molecule has 3 aromatic rings. The van der Waals surface area contributed by atoms with Gasteiger partial charge < -0.3 is 4.74 Å². The van der Waals surface area contributed by atoms with E-state index in [9.17, 15) is 22.8 Å². The molecule has 0 aliphatic carbocycles. The van der Waals surface area contributed by atoms with Crippen molar-refractivity contribution in [2.45, 2.75) is 19.8 Å². The van der Waals surface area contributed by atoms with E-state index in [0.717, 1.165) is 17.1 Å². The van der Waals surface area contributed by atoms with Crippen LogP contribution in [0.15, 0.2) is 54.9 Å². The van der Waals surface area contributed by atoms with Crippen LogP contribution in [0, 0.1) is 0 Å². The molecule has 10 heteroatoms. The molecule has 0 atom stereocenters. The molecule has 1 aromatic heterocycles. The third-order valence-electron chi connectivity index (χ3n) is 4.23. The molecule has 0 aliphatic rings. The van der Waals surface area contributed by atoms with E-state index in [-0.39, 0.29) is 12.3 Å². The van der Waals surface area contributed by atoms with Crippen molar-refractivity contribution >= 4 is 22.8 Å². The highest BCUT2D eigenvalue weighted by Gasteiger charge is 2.31. The predicted molar refractivity (Wildman–Crippen MR) is 101 cm³/mol. The predicted octanol–water partition coefficient (Wildman–Crippen LogP) is 3.56. The number of ether oxygens (including phenoxy) is 1. The van der Waals surface area contributed by atoms with Crippen molar-refractivity contribution in [1.29, 1.82) is 0 Å². The third kappa shape index (κ3) is 5.02. The number of hydrogen-bond acceptors (Lipinski definition) is 5. The zero-order chi connectivity index (χ0) is 21.9. The summed E-state index contributed by atoms with van der Waals surface area (Å²) in [5, 5.41) is 2.34. The van der Waals surface area contributed by atoms with Gasteiger partial charge in [0.15, 0.2) is 0 Å². The van der Waals surface area contributed by atoms with Crippen LogP contribution in [0.5, 0.6) is 5.75 Å². The van der Waals surface area contributed by atoms with Crippen LogP contribution in [0.1, 0.15) is 22.8 Å². The first-order valence-electron chi connectivity index (χ1n) is 8.75. The number of hydrazine groups is 1. The minimum atomic E-state index is -4.79. The van der Waals surface area contributed by atoms with Crippen molar-refractivity contribution in [2.24, 2.45) is 0 Å². The van der Waals surface area contributed by atoms with E-state index >= 15 is 0 Å². The van der Waals surface area contributed by atoms with Gasteiger partial charge >= 0.3 is 6.36 Å². The van der Waals surface area contributed by atoms with Crippen molar-refractivity contribution in [3.05, 3.63) is 66.0 Å². The van der Waals surface area contributed by atoms with Gasteiger partial charge in [-0.05, 0) is 35.9 Å². The van der Waals surface area contributed by atoms with Crippen LogP contribution in [0.4, 0.5) is 13.2 Å². The van der Waals surface area contributed by atoms with E-state index in [2.05, 4.69) is 14.7 Å². The first-order chi connectivity index (χ1) is 14.1. The van der Waals surface area contributed by atoms with Crippen molar-refractivity contribution in [3.63, 3.8) is 0 Å². The number of alkyl halides is 3. The molecule has 3 rings (SSSR count). The molecule has 2 aromatic carbocycles. The molecule has 0 N–H and O–H groups in total. The molecule has 0 radical (unpaired) electrons. The number of hydrogen-bond donors (Lipinski definition) is 0. The average molecular weight is 418 g/mol. The monoisotopic (exact) mass is 418 g/mol. The fourth-order valence-electron chi connectivity index (χ4n) is 2.79. The van der Waals surface area contributed by atoms with Crippen LogP contribution in [0.3, 0.4) is 0 Å². The molecular weight excluding hydrogens is 401 g/mol. The Labute approximate surface area is 169 Å². The number of aromatic nitrogens is 2. The van der Waals surface area contributed by atoms with Crippen molar-refractivity contribution in [3.8, 4) is 5.75 Å². The number of rotatable bonds is 4. The number of amides is 2. The lowest BCUT2D eigenvalue weighted by Crippen LogP contribution is -2.46. The van der Waals surface area contributed by atoms with E-state index in [1.807, 2.05) is 0 Å². The second-order valence-electron chi connectivity index (χ2n) is 6.36. The molecule has 7 nitrogen and oxygen atoms in total. The van der Waals surface area contributed by atoms with Gasteiger partial charge in [-0.1, -0.05) is 12.1 Å². The van der Waals surface area contributed by atoms with Crippen molar-refractivity contribution in [2.75, 3.05) is 7.05 Å². The molecule has 2 amide bonds. The van der Waals surface area contributed by atoms with Crippen LogP contribution in [0.2, 0.25) is 0 Å². The number of carbonyl (C=O) groups is 2. The second kappa shape index (κ2) is 8.36. The zero-order valence-corrected chi connectivity index (χ0v) is 16.1. The van der Waals surface area contributed by atoms with Gasteiger partial charge in [-0.15, -0.1) is 13.2 Å². The summed E-state index contributed by atoms with van der Waals surface area (Å²) in [4.78, 5) is 33.3. The van der Waals surface area contributed by atoms with E-state index < -0.39 is 18.2 Å². The SMILES string of the molecule is CC(=O)N(Cc1ccc(OC(F)(F)F)cc1)N(C)C(=O)c1ccc2nccnc2c1. The van der Waals surface area contributed by atoms with Crippen LogP contribution >= 0.6 is 0 Å². The minimum absolute atomic E-state index is 0.0166. The fraction of sp³-hybridized carbons (Fsp3) is 0.200. The summed E-state index contributed by atoms with van der Waals surface area (Å²) in [5.41, 5.74) is 1.99. The maximum Gasteiger partial charge on any atom is 0.573 e. The number of halogens is 3. The normalized spacial score (nSPS) is 11.2. The summed E-state index contributed by atoms with van der Waals surface area (Å²) in [7, 11) is 1.44. The number of nitrogens with zero attached hydrogens (tertiary/aromatic N) is 4. The highest BCUT2D eigenvalue weighted by Crippen LogP contribution is 2.23. The Morgan fingerprint density at radius 1 is 1.00 bits per heavy atom. The maximum atomic E-state index is 12.9. The summed E-state index contributed by atoms with van der Waals surface area (Å²) in [5.74, 6) is -1.24. The van der Waals surface area contributed by atoms with Crippen molar-refractivity contribution in [1.82, 2.24) is 20.0 Å². The molecule has 0 saturated carbocycles. The number of benzene rings is 2. The van der Waals surface area contributed by atoms with Crippen LogP contribution in [-0.2, 0) is 11.3 Å². The highest BCUT2D eigenvalue weighted by atomic mass is 19.4. The topological polar surface area (TPSA) is 75.6 Å². The van der Waals surface area contributed by atoms with E-state index in [0.29, 0.717) is 22.2 Å². The lowest BCUT2D eigenvalue weighted by molar-refractivity contribution is -0.274. The molecule has 0 saturated heterocycles. The second-order valence-corrected chi connectivity index (χ2v) is 6.36. The molecule has 30 heavy (non-hydrogen) atoms. The molecule has 0 unspecified atom stereocenters. The summed E-state index contributed by atoms with van der Waals surface area (Å²) in [6.45, 7) is 1.27. The van der Waals surface area contributed by atoms with Gasteiger partial charge in [-0.2, -0.15) is 0 Å². The lowest BCUT2D eigenvalue weighted by Gasteiger charge is -2.31. The number of fused-ring (bicyclic) bond motifs is 1. The van der Waals surface area contributed by atoms with Gasteiger partial charge in [0.25, 0.3) is 5.91 Å². The Bertz CT molecular complexity index is 1070. The largest absolute Gasteiger partial charge is 0.573 e. The molecule has 1 heterocycles. The van der Waals surface area contributed by atoms with E-state index in [1.54, 1.807) is 24.4 Å². The first-order valence-corrected chi connectivity index (χ1v) is 8.75. The van der Waals surface area contributed by atoms with Gasteiger partial charge in [0.1, 0.15) is 5.75 Å². The van der Waals surface area contributed by atoms with Gasteiger partial charge in [0.05, 0.1) is 17.6 Å². The Morgan fingerprint density at radius 2 is 1.63 bits per heavy atom. The highest BCUT2D eigenvalue weighted by molar-refractivity contribution is 5.97. The molecule has 0 bridgehead atoms. The number of carbonyl (C=O) groups excluding carboxylic acids is 2.